The highest BCUT2D eigenvalue weighted by molar-refractivity contribution is 5.69. The van der Waals surface area contributed by atoms with Crippen LogP contribution in [0.25, 0.3) is 0 Å². The van der Waals surface area contributed by atoms with Crippen LogP contribution in [-0.4, -0.2) is 11.1 Å². The monoisotopic (exact) mass is 214 g/mol. The average Bonchev–Trinajstić information content (AvgIpc) is 2.22. The molecule has 0 rings (SSSR count). The maximum absolute atomic E-state index is 10.8. The Bertz CT molecular complexity index is 177. The molecule has 0 heterocycles. The van der Waals surface area contributed by atoms with Crippen molar-refractivity contribution in [2.24, 2.45) is 17.8 Å². The zero-order valence-electron chi connectivity index (χ0n) is 10.6. The van der Waals surface area contributed by atoms with Gasteiger partial charge in [0.1, 0.15) is 0 Å². The van der Waals surface area contributed by atoms with Crippen molar-refractivity contribution in [2.45, 2.75) is 59.8 Å². The zero-order chi connectivity index (χ0) is 11.8. The molecule has 3 unspecified atom stereocenters. The molecule has 0 saturated carbocycles. The van der Waals surface area contributed by atoms with Crippen molar-refractivity contribution >= 4 is 5.97 Å². The maximum atomic E-state index is 10.8. The van der Waals surface area contributed by atoms with E-state index in [0.29, 0.717) is 11.8 Å². The first-order valence-electron chi connectivity index (χ1n) is 6.25. The van der Waals surface area contributed by atoms with Gasteiger partial charge in [0.15, 0.2) is 0 Å². The Kier molecular flexibility index (Phi) is 7.45. The molecular weight excluding hydrogens is 188 g/mol. The predicted octanol–water partition coefficient (Wildman–Crippen LogP) is 3.95. The second-order valence-electron chi connectivity index (χ2n) is 4.76. The van der Waals surface area contributed by atoms with Crippen molar-refractivity contribution in [3.8, 4) is 0 Å². The molecule has 1 N–H and O–H groups in total. The van der Waals surface area contributed by atoms with Gasteiger partial charge in [-0.3, -0.25) is 4.79 Å². The third kappa shape index (κ3) is 5.81. The molecule has 2 nitrogen and oxygen atoms in total. The molecule has 0 spiro atoms. The molecule has 0 bridgehead atoms. The van der Waals surface area contributed by atoms with Crippen LogP contribution in [0.5, 0.6) is 0 Å². The van der Waals surface area contributed by atoms with E-state index in [1.54, 1.807) is 0 Å². The van der Waals surface area contributed by atoms with E-state index in [1.165, 1.54) is 25.7 Å². The van der Waals surface area contributed by atoms with E-state index in [4.69, 9.17) is 5.11 Å². The number of carboxylic acids is 1. The molecule has 3 atom stereocenters. The lowest BCUT2D eigenvalue weighted by molar-refractivity contribution is -0.142. The van der Waals surface area contributed by atoms with E-state index < -0.39 is 5.97 Å². The summed E-state index contributed by atoms with van der Waals surface area (Å²) in [5, 5.41) is 8.91. The molecule has 0 saturated heterocycles. The number of carbonyl (C=O) groups is 1. The first-order valence-corrected chi connectivity index (χ1v) is 6.25. The smallest absolute Gasteiger partial charge is 0.306 e. The second kappa shape index (κ2) is 7.72. The summed E-state index contributed by atoms with van der Waals surface area (Å²) >= 11 is 0. The van der Waals surface area contributed by atoms with Crippen molar-refractivity contribution in [3.63, 3.8) is 0 Å². The van der Waals surface area contributed by atoms with Crippen LogP contribution in [0.3, 0.4) is 0 Å². The van der Waals surface area contributed by atoms with Crippen molar-refractivity contribution < 1.29 is 9.90 Å². The minimum atomic E-state index is -0.659. The van der Waals surface area contributed by atoms with Crippen LogP contribution in [0.2, 0.25) is 0 Å². The lowest BCUT2D eigenvalue weighted by Crippen LogP contribution is -2.20. The van der Waals surface area contributed by atoms with Crippen LogP contribution in [0.4, 0.5) is 0 Å². The number of hydrogen-bond acceptors (Lipinski definition) is 1. The fraction of sp³-hybridized carbons (Fsp3) is 0.923. The predicted molar refractivity (Wildman–Crippen MR) is 63.9 cm³/mol. The Balaban J connectivity index is 3.99. The van der Waals surface area contributed by atoms with Gasteiger partial charge < -0.3 is 5.11 Å². The van der Waals surface area contributed by atoms with E-state index in [-0.39, 0.29) is 5.92 Å². The fourth-order valence-electron chi connectivity index (χ4n) is 1.95. The molecule has 0 aromatic heterocycles. The highest BCUT2D eigenvalue weighted by atomic mass is 16.4. The van der Waals surface area contributed by atoms with Crippen LogP contribution in [-0.2, 0) is 4.79 Å². The first-order chi connectivity index (χ1) is 7.02. The highest BCUT2D eigenvalue weighted by Crippen LogP contribution is 2.25. The van der Waals surface area contributed by atoms with Gasteiger partial charge in [-0.15, -0.1) is 0 Å². The summed E-state index contributed by atoms with van der Waals surface area (Å²) in [6, 6.07) is 0. The lowest BCUT2D eigenvalue weighted by Gasteiger charge is -2.22. The van der Waals surface area contributed by atoms with Crippen LogP contribution in [0.15, 0.2) is 0 Å². The largest absolute Gasteiger partial charge is 0.481 e. The van der Waals surface area contributed by atoms with Gasteiger partial charge in [-0.1, -0.05) is 53.4 Å². The van der Waals surface area contributed by atoms with Gasteiger partial charge >= 0.3 is 5.97 Å². The van der Waals surface area contributed by atoms with E-state index in [1.807, 2.05) is 6.92 Å². The minimum Gasteiger partial charge on any atom is -0.481 e. The van der Waals surface area contributed by atoms with E-state index >= 15 is 0 Å². The molecule has 90 valence electrons. The zero-order valence-corrected chi connectivity index (χ0v) is 10.6. The Morgan fingerprint density at radius 3 is 2.27 bits per heavy atom. The van der Waals surface area contributed by atoms with Gasteiger partial charge in [0.05, 0.1) is 5.92 Å². The summed E-state index contributed by atoms with van der Waals surface area (Å²) in [5.74, 6) is 0.138. The van der Waals surface area contributed by atoms with Crippen LogP contribution in [0, 0.1) is 17.8 Å². The number of aliphatic carboxylic acids is 1. The van der Waals surface area contributed by atoms with Gasteiger partial charge in [0, 0.05) is 0 Å². The molecule has 0 aromatic carbocycles. The van der Waals surface area contributed by atoms with Gasteiger partial charge in [-0.2, -0.15) is 0 Å². The van der Waals surface area contributed by atoms with Crippen LogP contribution < -0.4 is 0 Å². The van der Waals surface area contributed by atoms with Crippen molar-refractivity contribution in [2.75, 3.05) is 0 Å². The topological polar surface area (TPSA) is 37.3 Å². The Morgan fingerprint density at radius 1 is 1.27 bits per heavy atom. The molecule has 0 fully saturated rings. The van der Waals surface area contributed by atoms with E-state index in [9.17, 15) is 4.79 Å². The van der Waals surface area contributed by atoms with Gasteiger partial charge in [-0.25, -0.2) is 0 Å². The average molecular weight is 214 g/mol. The summed E-state index contributed by atoms with van der Waals surface area (Å²) < 4.78 is 0. The molecule has 2 heteroatoms. The molecule has 0 aliphatic rings. The molecular formula is C13H26O2. The van der Waals surface area contributed by atoms with E-state index in [2.05, 4.69) is 20.8 Å². The first kappa shape index (κ1) is 14.5. The minimum absolute atomic E-state index is 0.208. The number of rotatable bonds is 8. The highest BCUT2D eigenvalue weighted by Gasteiger charge is 2.21. The molecule has 15 heavy (non-hydrogen) atoms. The summed E-state index contributed by atoms with van der Waals surface area (Å²) in [6.07, 6.45) is 6.00. The van der Waals surface area contributed by atoms with Crippen LogP contribution >= 0.6 is 0 Å². The standard InChI is InChI=1S/C13H26O2/c1-5-7-8-12(6-2)9-10(3)11(4)13(14)15/h10-12H,5-9H2,1-4H3,(H,14,15). The van der Waals surface area contributed by atoms with E-state index in [0.717, 1.165) is 6.42 Å². The lowest BCUT2D eigenvalue weighted by atomic mass is 9.83. The number of carboxylic acid groups (broad SMARTS) is 1. The molecule has 0 aromatic rings. The Labute approximate surface area is 94.1 Å². The molecule has 0 amide bonds. The number of hydrogen-bond donors (Lipinski definition) is 1. The summed E-state index contributed by atoms with van der Waals surface area (Å²) in [6.45, 7) is 8.29. The summed E-state index contributed by atoms with van der Waals surface area (Å²) in [7, 11) is 0. The molecule has 0 radical (unpaired) electrons. The third-order valence-corrected chi connectivity index (χ3v) is 3.49. The maximum Gasteiger partial charge on any atom is 0.306 e. The van der Waals surface area contributed by atoms with Gasteiger partial charge in [0.2, 0.25) is 0 Å². The van der Waals surface area contributed by atoms with Gasteiger partial charge in [-0.05, 0) is 18.3 Å². The van der Waals surface area contributed by atoms with Crippen molar-refractivity contribution in [1.29, 1.82) is 0 Å². The fourth-order valence-corrected chi connectivity index (χ4v) is 1.95. The summed E-state index contributed by atoms with van der Waals surface area (Å²) in [5.41, 5.74) is 0. The molecule has 0 aliphatic carbocycles. The van der Waals surface area contributed by atoms with Gasteiger partial charge in [0.25, 0.3) is 0 Å². The third-order valence-electron chi connectivity index (χ3n) is 3.49. The Hall–Kier alpha value is -0.530. The Morgan fingerprint density at radius 2 is 1.87 bits per heavy atom. The van der Waals surface area contributed by atoms with Crippen molar-refractivity contribution in [3.05, 3.63) is 0 Å². The molecule has 0 aliphatic heterocycles. The summed E-state index contributed by atoms with van der Waals surface area (Å²) in [4.78, 5) is 10.8. The normalized spacial score (nSPS) is 17.1. The number of unbranched alkanes of at least 4 members (excludes halogenated alkanes) is 1. The SMILES string of the molecule is CCCCC(CC)CC(C)C(C)C(=O)O. The quantitative estimate of drug-likeness (QED) is 0.664. The van der Waals surface area contributed by atoms with Crippen LogP contribution in [0.1, 0.15) is 59.8 Å². The second-order valence-corrected chi connectivity index (χ2v) is 4.76. The van der Waals surface area contributed by atoms with Crippen molar-refractivity contribution in [1.82, 2.24) is 0 Å².